The van der Waals surface area contributed by atoms with Gasteiger partial charge in [-0.05, 0) is 35.7 Å². The molecule has 0 radical (unpaired) electrons. The maximum Gasteiger partial charge on any atom is 0.185 e. The molecule has 0 unspecified atom stereocenters. The van der Waals surface area contributed by atoms with E-state index in [1.165, 1.54) is 12.1 Å². The molecule has 0 saturated carbocycles. The number of halogens is 1. The molecule has 20 heavy (non-hydrogen) atoms. The monoisotopic (exact) mass is 276 g/mol. The van der Waals surface area contributed by atoms with E-state index >= 15 is 0 Å². The van der Waals surface area contributed by atoms with E-state index in [-0.39, 0.29) is 17.0 Å². The summed E-state index contributed by atoms with van der Waals surface area (Å²) >= 11 is 0. The quantitative estimate of drug-likeness (QED) is 0.780. The topological polar surface area (TPSA) is 39.4 Å². The molecular formula is C16H17FO3. The fourth-order valence-electron chi connectivity index (χ4n) is 1.68. The lowest BCUT2D eigenvalue weighted by molar-refractivity contribution is 0.110. The predicted octanol–water partition coefficient (Wildman–Crippen LogP) is 4.32. The maximum absolute atomic E-state index is 13.4. The van der Waals surface area contributed by atoms with Crippen LogP contribution in [0.5, 0.6) is 5.75 Å². The molecule has 0 amide bonds. The van der Waals surface area contributed by atoms with Crippen LogP contribution in [0.2, 0.25) is 0 Å². The summed E-state index contributed by atoms with van der Waals surface area (Å²) in [4.78, 5) is 10.7. The van der Waals surface area contributed by atoms with Gasteiger partial charge in [0.25, 0.3) is 0 Å². The van der Waals surface area contributed by atoms with Crippen molar-refractivity contribution in [3.05, 3.63) is 41.9 Å². The number of benzene rings is 1. The van der Waals surface area contributed by atoms with Gasteiger partial charge in [0.1, 0.15) is 17.3 Å². The van der Waals surface area contributed by atoms with Crippen LogP contribution in [0.15, 0.2) is 34.7 Å². The summed E-state index contributed by atoms with van der Waals surface area (Å²) in [6.07, 6.45) is 0.610. The first-order valence-corrected chi connectivity index (χ1v) is 6.37. The van der Waals surface area contributed by atoms with Gasteiger partial charge in [-0.15, -0.1) is 0 Å². The Hall–Kier alpha value is -2.10. The molecule has 0 aliphatic carbocycles. The van der Waals surface area contributed by atoms with E-state index < -0.39 is 0 Å². The highest BCUT2D eigenvalue weighted by atomic mass is 19.1. The molecule has 0 aliphatic heterocycles. The lowest BCUT2D eigenvalue weighted by Crippen LogP contribution is -2.17. The Kier molecular flexibility index (Phi) is 3.93. The number of furan rings is 1. The Morgan fingerprint density at radius 1 is 1.25 bits per heavy atom. The number of hydrogen-bond donors (Lipinski definition) is 0. The average Bonchev–Trinajstić information content (AvgIpc) is 2.84. The molecule has 4 heteroatoms. The molecule has 106 valence electrons. The summed E-state index contributed by atoms with van der Waals surface area (Å²) < 4.78 is 24.5. The Bertz CT molecular complexity index is 608. The van der Waals surface area contributed by atoms with E-state index in [4.69, 9.17) is 9.15 Å². The first kappa shape index (κ1) is 14.3. The molecule has 0 N–H and O–H groups in total. The maximum atomic E-state index is 13.4. The molecule has 0 saturated heterocycles. The number of aldehydes is 1. The van der Waals surface area contributed by atoms with Crippen LogP contribution >= 0.6 is 0 Å². The highest BCUT2D eigenvalue weighted by Crippen LogP contribution is 2.33. The van der Waals surface area contributed by atoms with E-state index in [1.807, 2.05) is 20.8 Å². The zero-order valence-corrected chi connectivity index (χ0v) is 11.8. The van der Waals surface area contributed by atoms with Gasteiger partial charge >= 0.3 is 0 Å². The first-order valence-electron chi connectivity index (χ1n) is 6.37. The lowest BCUT2D eigenvalue weighted by atomic mass is 9.98. The first-order chi connectivity index (χ1) is 9.39. The Morgan fingerprint density at radius 2 is 2.00 bits per heavy atom. The van der Waals surface area contributed by atoms with Gasteiger partial charge in [-0.1, -0.05) is 20.8 Å². The number of carbonyl (C=O) groups is 1. The van der Waals surface area contributed by atoms with Gasteiger partial charge in [0.05, 0.1) is 12.2 Å². The lowest BCUT2D eigenvalue weighted by Gasteiger charge is -2.20. The van der Waals surface area contributed by atoms with Gasteiger partial charge in [0.2, 0.25) is 0 Å². The molecule has 3 nitrogen and oxygen atoms in total. The highest BCUT2D eigenvalue weighted by molar-refractivity contribution is 5.74. The Balaban J connectivity index is 2.35. The smallest absolute Gasteiger partial charge is 0.185 e. The molecule has 1 aromatic heterocycles. The van der Waals surface area contributed by atoms with Crippen LogP contribution < -0.4 is 4.74 Å². The zero-order chi connectivity index (χ0) is 14.8. The van der Waals surface area contributed by atoms with Crippen LogP contribution in [0.1, 0.15) is 31.3 Å². The van der Waals surface area contributed by atoms with Gasteiger partial charge in [0, 0.05) is 0 Å². The summed E-state index contributed by atoms with van der Waals surface area (Å²) in [6, 6.07) is 7.42. The fraction of sp³-hybridized carbons (Fsp3) is 0.312. The zero-order valence-electron chi connectivity index (χ0n) is 11.8. The fourth-order valence-corrected chi connectivity index (χ4v) is 1.68. The minimum atomic E-state index is -0.382. The standard InChI is InChI=1S/C16H17FO3/c1-16(2,3)10-19-14-6-4-11(17)8-13(14)15-7-5-12(9-18)20-15/h4-9H,10H2,1-3H3. The molecule has 2 aromatic rings. The van der Waals surface area contributed by atoms with Crippen LogP contribution in [-0.2, 0) is 0 Å². The summed E-state index contributed by atoms with van der Waals surface area (Å²) in [5.74, 6) is 0.766. The summed E-state index contributed by atoms with van der Waals surface area (Å²) in [5, 5.41) is 0. The van der Waals surface area contributed by atoms with E-state index in [0.29, 0.717) is 30.0 Å². The molecular weight excluding hydrogens is 259 g/mol. The van der Waals surface area contributed by atoms with Crippen molar-refractivity contribution < 1.29 is 18.3 Å². The number of hydrogen-bond acceptors (Lipinski definition) is 3. The van der Waals surface area contributed by atoms with Crippen molar-refractivity contribution in [2.24, 2.45) is 5.41 Å². The number of ether oxygens (including phenoxy) is 1. The molecule has 2 rings (SSSR count). The molecule has 0 fully saturated rings. The van der Waals surface area contributed by atoms with Crippen molar-refractivity contribution in [3.8, 4) is 17.1 Å². The molecule has 1 heterocycles. The van der Waals surface area contributed by atoms with E-state index in [0.717, 1.165) is 0 Å². The summed E-state index contributed by atoms with van der Waals surface area (Å²) in [6.45, 7) is 6.64. The summed E-state index contributed by atoms with van der Waals surface area (Å²) in [5.41, 5.74) is 0.491. The van der Waals surface area contributed by atoms with Crippen molar-refractivity contribution >= 4 is 6.29 Å². The van der Waals surface area contributed by atoms with E-state index in [9.17, 15) is 9.18 Å². The van der Waals surface area contributed by atoms with Crippen molar-refractivity contribution in [2.75, 3.05) is 6.61 Å². The van der Waals surface area contributed by atoms with Crippen molar-refractivity contribution in [1.29, 1.82) is 0 Å². The second-order valence-corrected chi connectivity index (χ2v) is 5.81. The largest absolute Gasteiger partial charge is 0.492 e. The van der Waals surface area contributed by atoms with Gasteiger partial charge in [-0.25, -0.2) is 4.39 Å². The third-order valence-corrected chi connectivity index (χ3v) is 2.61. The van der Waals surface area contributed by atoms with Crippen molar-refractivity contribution in [1.82, 2.24) is 0 Å². The molecule has 0 atom stereocenters. The second kappa shape index (κ2) is 5.49. The minimum absolute atomic E-state index is 0.0111. The average molecular weight is 276 g/mol. The van der Waals surface area contributed by atoms with Gasteiger partial charge in [-0.3, -0.25) is 4.79 Å². The Morgan fingerprint density at radius 3 is 2.60 bits per heavy atom. The van der Waals surface area contributed by atoms with Crippen LogP contribution in [0.3, 0.4) is 0 Å². The van der Waals surface area contributed by atoms with Crippen molar-refractivity contribution in [2.45, 2.75) is 20.8 Å². The SMILES string of the molecule is CC(C)(C)COc1ccc(F)cc1-c1ccc(C=O)o1. The molecule has 1 aromatic carbocycles. The van der Waals surface area contributed by atoms with Crippen molar-refractivity contribution in [3.63, 3.8) is 0 Å². The minimum Gasteiger partial charge on any atom is -0.492 e. The van der Waals surface area contributed by atoms with E-state index in [2.05, 4.69) is 0 Å². The van der Waals surface area contributed by atoms with Crippen LogP contribution in [0, 0.1) is 11.2 Å². The van der Waals surface area contributed by atoms with Gasteiger partial charge < -0.3 is 9.15 Å². The van der Waals surface area contributed by atoms with E-state index in [1.54, 1.807) is 18.2 Å². The van der Waals surface area contributed by atoms with Crippen LogP contribution in [-0.4, -0.2) is 12.9 Å². The second-order valence-electron chi connectivity index (χ2n) is 5.81. The van der Waals surface area contributed by atoms with Gasteiger partial charge in [0.15, 0.2) is 12.0 Å². The van der Waals surface area contributed by atoms with Crippen LogP contribution in [0.4, 0.5) is 4.39 Å². The number of carbonyl (C=O) groups excluding carboxylic acids is 1. The highest BCUT2D eigenvalue weighted by Gasteiger charge is 2.16. The molecule has 0 bridgehead atoms. The predicted molar refractivity (Wildman–Crippen MR) is 74.4 cm³/mol. The normalized spacial score (nSPS) is 11.4. The molecule has 0 spiro atoms. The Labute approximate surface area is 117 Å². The molecule has 0 aliphatic rings. The van der Waals surface area contributed by atoms with Gasteiger partial charge in [-0.2, -0.15) is 0 Å². The third-order valence-electron chi connectivity index (χ3n) is 2.61. The van der Waals surface area contributed by atoms with Crippen LogP contribution in [0.25, 0.3) is 11.3 Å². The third kappa shape index (κ3) is 3.47. The summed E-state index contributed by atoms with van der Waals surface area (Å²) in [7, 11) is 0. The number of rotatable bonds is 4.